The van der Waals surface area contributed by atoms with Crippen LogP contribution in [0.4, 0.5) is 0 Å². The van der Waals surface area contributed by atoms with Gasteiger partial charge in [-0.1, -0.05) is 13.8 Å². The van der Waals surface area contributed by atoms with Crippen LogP contribution in [0, 0.1) is 11.8 Å². The summed E-state index contributed by atoms with van der Waals surface area (Å²) in [5.74, 6) is 0.854. The number of hydrogen-bond acceptors (Lipinski definition) is 2. The summed E-state index contributed by atoms with van der Waals surface area (Å²) in [6.45, 7) is 6.77. The fraction of sp³-hybridized carbons (Fsp3) is 1.00. The highest BCUT2D eigenvalue weighted by Gasteiger charge is 2.30. The summed E-state index contributed by atoms with van der Waals surface area (Å²) in [7, 11) is 0. The van der Waals surface area contributed by atoms with Crippen LogP contribution in [-0.2, 0) is 4.74 Å². The highest BCUT2D eigenvalue weighted by Crippen LogP contribution is 2.25. The summed E-state index contributed by atoms with van der Waals surface area (Å²) < 4.78 is 5.32. The maximum atomic E-state index is 9.34. The molecule has 2 heteroatoms. The van der Waals surface area contributed by atoms with Crippen LogP contribution in [0.2, 0.25) is 0 Å². The third-order valence-corrected chi connectivity index (χ3v) is 2.71. The molecule has 4 atom stereocenters. The van der Waals surface area contributed by atoms with E-state index < -0.39 is 0 Å². The smallest absolute Gasteiger partial charge is 0.0802 e. The highest BCUT2D eigenvalue weighted by molar-refractivity contribution is 4.78. The Balaban J connectivity index is 2.52. The minimum Gasteiger partial charge on any atom is -0.390 e. The van der Waals surface area contributed by atoms with Gasteiger partial charge in [-0.05, 0) is 18.8 Å². The van der Waals surface area contributed by atoms with Crippen molar-refractivity contribution in [2.24, 2.45) is 11.8 Å². The van der Waals surface area contributed by atoms with Gasteiger partial charge in [0.05, 0.1) is 18.8 Å². The third kappa shape index (κ3) is 1.32. The molecule has 0 saturated carbocycles. The first kappa shape index (κ1) is 8.02. The van der Waals surface area contributed by atoms with Gasteiger partial charge in [0.2, 0.25) is 0 Å². The van der Waals surface area contributed by atoms with Crippen molar-refractivity contribution in [1.82, 2.24) is 0 Å². The maximum absolute atomic E-state index is 9.34. The van der Waals surface area contributed by atoms with Crippen molar-refractivity contribution in [3.05, 3.63) is 0 Å². The second-order valence-corrected chi connectivity index (χ2v) is 3.32. The van der Waals surface area contributed by atoms with Crippen LogP contribution in [0.25, 0.3) is 0 Å². The number of aliphatic hydroxyl groups excluding tert-OH is 1. The Morgan fingerprint density at radius 2 is 1.80 bits per heavy atom. The van der Waals surface area contributed by atoms with E-state index in [1.165, 1.54) is 0 Å². The lowest BCUT2D eigenvalue weighted by Crippen LogP contribution is -2.41. The predicted molar refractivity (Wildman–Crippen MR) is 39.7 cm³/mol. The van der Waals surface area contributed by atoms with Gasteiger partial charge < -0.3 is 9.84 Å². The van der Waals surface area contributed by atoms with Crippen molar-refractivity contribution in [2.75, 3.05) is 6.61 Å². The minimum absolute atomic E-state index is 0.258. The van der Waals surface area contributed by atoms with Crippen molar-refractivity contribution in [3.63, 3.8) is 0 Å². The van der Waals surface area contributed by atoms with Gasteiger partial charge in [0, 0.05) is 0 Å². The zero-order valence-electron chi connectivity index (χ0n) is 6.87. The summed E-state index contributed by atoms with van der Waals surface area (Å²) in [6, 6.07) is 0. The Hall–Kier alpha value is -0.0800. The Labute approximate surface area is 62.2 Å². The summed E-state index contributed by atoms with van der Waals surface area (Å²) in [5, 5.41) is 9.34. The Bertz CT molecular complexity index is 99.8. The maximum Gasteiger partial charge on any atom is 0.0802 e. The fourth-order valence-electron chi connectivity index (χ4n) is 1.33. The van der Waals surface area contributed by atoms with Crippen LogP contribution in [0.1, 0.15) is 20.8 Å². The fourth-order valence-corrected chi connectivity index (χ4v) is 1.33. The van der Waals surface area contributed by atoms with Crippen molar-refractivity contribution in [2.45, 2.75) is 33.0 Å². The molecule has 1 N–H and O–H groups in total. The molecule has 0 aliphatic carbocycles. The summed E-state index contributed by atoms with van der Waals surface area (Å²) in [6.07, 6.45) is 0.0459. The SMILES string of the molecule is CC1OCC(O)C(C)C1C. The van der Waals surface area contributed by atoms with Gasteiger partial charge in [-0.2, -0.15) is 0 Å². The third-order valence-electron chi connectivity index (χ3n) is 2.71. The van der Waals surface area contributed by atoms with E-state index >= 15 is 0 Å². The standard InChI is InChI=1S/C8H16O2/c1-5-6(2)8(9)4-10-7(5)3/h5-9H,4H2,1-3H3. The van der Waals surface area contributed by atoms with Crippen molar-refractivity contribution in [3.8, 4) is 0 Å². The zero-order chi connectivity index (χ0) is 7.72. The van der Waals surface area contributed by atoms with Crippen LogP contribution < -0.4 is 0 Å². The van der Waals surface area contributed by atoms with E-state index in [0.29, 0.717) is 24.5 Å². The summed E-state index contributed by atoms with van der Waals surface area (Å²) >= 11 is 0. The number of aliphatic hydroxyl groups is 1. The second-order valence-electron chi connectivity index (χ2n) is 3.32. The van der Waals surface area contributed by atoms with Crippen molar-refractivity contribution >= 4 is 0 Å². The van der Waals surface area contributed by atoms with Crippen LogP contribution in [0.3, 0.4) is 0 Å². The molecule has 0 aromatic rings. The Morgan fingerprint density at radius 1 is 1.20 bits per heavy atom. The van der Waals surface area contributed by atoms with Crippen LogP contribution in [-0.4, -0.2) is 23.9 Å². The minimum atomic E-state index is -0.258. The van der Waals surface area contributed by atoms with Crippen molar-refractivity contribution < 1.29 is 9.84 Å². The topological polar surface area (TPSA) is 29.5 Å². The molecule has 10 heavy (non-hydrogen) atoms. The molecule has 4 unspecified atom stereocenters. The molecule has 1 heterocycles. The first-order valence-corrected chi connectivity index (χ1v) is 3.92. The molecule has 1 aliphatic rings. The molecule has 0 aromatic carbocycles. The largest absolute Gasteiger partial charge is 0.390 e. The van der Waals surface area contributed by atoms with E-state index in [-0.39, 0.29) is 6.10 Å². The van der Waals surface area contributed by atoms with Gasteiger partial charge >= 0.3 is 0 Å². The quantitative estimate of drug-likeness (QED) is 0.550. The molecular formula is C8H16O2. The molecule has 0 spiro atoms. The molecule has 0 radical (unpaired) electrons. The van der Waals surface area contributed by atoms with Gasteiger partial charge in [-0.15, -0.1) is 0 Å². The molecule has 2 nitrogen and oxygen atoms in total. The lowest BCUT2D eigenvalue weighted by atomic mass is 9.85. The number of rotatable bonds is 0. The number of ether oxygens (including phenoxy) is 1. The molecule has 1 saturated heterocycles. The zero-order valence-corrected chi connectivity index (χ0v) is 6.87. The van der Waals surface area contributed by atoms with E-state index in [4.69, 9.17) is 4.74 Å². The lowest BCUT2D eigenvalue weighted by Gasteiger charge is -2.35. The second kappa shape index (κ2) is 2.89. The number of hydrogen-bond donors (Lipinski definition) is 1. The molecule has 0 aromatic heterocycles. The highest BCUT2D eigenvalue weighted by atomic mass is 16.5. The van der Waals surface area contributed by atoms with E-state index in [1.54, 1.807) is 0 Å². The van der Waals surface area contributed by atoms with Gasteiger partial charge in [-0.3, -0.25) is 0 Å². The first-order valence-electron chi connectivity index (χ1n) is 3.92. The molecule has 1 aliphatic heterocycles. The Kier molecular flexibility index (Phi) is 2.32. The normalized spacial score (nSPS) is 49.2. The molecule has 0 amide bonds. The van der Waals surface area contributed by atoms with Crippen molar-refractivity contribution in [1.29, 1.82) is 0 Å². The molecule has 1 fully saturated rings. The molecule has 1 rings (SSSR count). The van der Waals surface area contributed by atoms with Gasteiger partial charge in [0.15, 0.2) is 0 Å². The summed E-state index contributed by atoms with van der Waals surface area (Å²) in [4.78, 5) is 0. The monoisotopic (exact) mass is 144 g/mol. The summed E-state index contributed by atoms with van der Waals surface area (Å²) in [5.41, 5.74) is 0. The first-order chi connectivity index (χ1) is 4.63. The van der Waals surface area contributed by atoms with Crippen LogP contribution in [0.5, 0.6) is 0 Å². The Morgan fingerprint density at radius 3 is 2.30 bits per heavy atom. The predicted octanol–water partition coefficient (Wildman–Crippen LogP) is 1.04. The van der Waals surface area contributed by atoms with Gasteiger partial charge in [0.1, 0.15) is 0 Å². The van der Waals surface area contributed by atoms with Gasteiger partial charge in [-0.25, -0.2) is 0 Å². The van der Waals surface area contributed by atoms with Gasteiger partial charge in [0.25, 0.3) is 0 Å². The van der Waals surface area contributed by atoms with E-state index in [2.05, 4.69) is 20.8 Å². The average molecular weight is 144 g/mol. The van der Waals surface area contributed by atoms with E-state index in [0.717, 1.165) is 0 Å². The molecule has 60 valence electrons. The molecular weight excluding hydrogens is 128 g/mol. The molecule has 0 bridgehead atoms. The van der Waals surface area contributed by atoms with Crippen LogP contribution >= 0.6 is 0 Å². The lowest BCUT2D eigenvalue weighted by molar-refractivity contribution is -0.109. The van der Waals surface area contributed by atoms with Crippen LogP contribution in [0.15, 0.2) is 0 Å². The van der Waals surface area contributed by atoms with E-state index in [1.807, 2.05) is 0 Å². The average Bonchev–Trinajstić information content (AvgIpc) is 1.93. The van der Waals surface area contributed by atoms with E-state index in [9.17, 15) is 5.11 Å².